The Morgan fingerprint density at radius 3 is 2.48 bits per heavy atom. The van der Waals surface area contributed by atoms with Crippen LogP contribution in [0.15, 0.2) is 53.9 Å². The molecule has 2 aromatic heterocycles. The number of amides is 1. The molecule has 0 radical (unpaired) electrons. The summed E-state index contributed by atoms with van der Waals surface area (Å²) in [5, 5.41) is 5.10. The highest BCUT2D eigenvalue weighted by atomic mass is 32.1. The second-order valence-corrected chi connectivity index (χ2v) is 8.27. The van der Waals surface area contributed by atoms with E-state index in [-0.39, 0.29) is 11.7 Å². The van der Waals surface area contributed by atoms with Gasteiger partial charge in [0, 0.05) is 17.7 Å². The largest absolute Gasteiger partial charge is 0.486 e. The van der Waals surface area contributed by atoms with E-state index in [4.69, 9.17) is 9.47 Å². The Kier molecular flexibility index (Phi) is 4.49. The van der Waals surface area contributed by atoms with Crippen LogP contribution >= 0.6 is 22.7 Å². The highest BCUT2D eigenvalue weighted by Gasteiger charge is 2.20. The summed E-state index contributed by atoms with van der Waals surface area (Å²) < 4.78 is 12.1. The maximum Gasteiger partial charge on any atom is 0.258 e. The lowest BCUT2D eigenvalue weighted by molar-refractivity contribution is 0.0998. The number of hydrogen-bond donors (Lipinski definition) is 1. The fraction of sp³-hybridized carbons (Fsp3) is 0.0952. The van der Waals surface area contributed by atoms with Crippen molar-refractivity contribution in [1.29, 1.82) is 0 Å². The molecule has 144 valence electrons. The van der Waals surface area contributed by atoms with Crippen LogP contribution in [-0.2, 0) is 0 Å². The molecule has 4 aromatic rings. The quantitative estimate of drug-likeness (QED) is 0.486. The van der Waals surface area contributed by atoms with Crippen molar-refractivity contribution in [3.05, 3.63) is 69.9 Å². The van der Waals surface area contributed by atoms with Gasteiger partial charge in [0.25, 0.3) is 5.91 Å². The molecule has 0 unspecified atom stereocenters. The Morgan fingerprint density at radius 1 is 0.966 bits per heavy atom. The van der Waals surface area contributed by atoms with Gasteiger partial charge in [-0.15, -0.1) is 11.3 Å². The Bertz CT molecular complexity index is 1190. The van der Waals surface area contributed by atoms with Crippen molar-refractivity contribution in [2.24, 2.45) is 0 Å². The van der Waals surface area contributed by atoms with E-state index in [1.807, 2.05) is 23.6 Å². The molecule has 0 atom stereocenters. The van der Waals surface area contributed by atoms with Gasteiger partial charge in [0.1, 0.15) is 13.2 Å². The van der Waals surface area contributed by atoms with Gasteiger partial charge in [-0.3, -0.25) is 14.9 Å². The molecule has 8 heteroatoms. The highest BCUT2D eigenvalue weighted by molar-refractivity contribution is 7.22. The van der Waals surface area contributed by atoms with Crippen LogP contribution in [0.2, 0.25) is 0 Å². The predicted molar refractivity (Wildman–Crippen MR) is 113 cm³/mol. The third-order valence-corrected chi connectivity index (χ3v) is 6.24. The lowest BCUT2D eigenvalue weighted by Gasteiger charge is -2.17. The maximum atomic E-state index is 12.9. The average molecular weight is 422 g/mol. The second-order valence-electron chi connectivity index (χ2n) is 6.29. The zero-order valence-electron chi connectivity index (χ0n) is 15.0. The number of anilines is 1. The Labute approximate surface area is 173 Å². The number of thiophene rings is 1. The van der Waals surface area contributed by atoms with Gasteiger partial charge in [-0.2, -0.15) is 0 Å². The summed E-state index contributed by atoms with van der Waals surface area (Å²) in [6.07, 6.45) is 0. The zero-order valence-corrected chi connectivity index (χ0v) is 16.6. The van der Waals surface area contributed by atoms with Gasteiger partial charge < -0.3 is 9.47 Å². The normalized spacial score (nSPS) is 12.7. The molecule has 0 saturated heterocycles. The molecule has 2 aromatic carbocycles. The van der Waals surface area contributed by atoms with E-state index in [1.54, 1.807) is 30.3 Å². The first-order chi connectivity index (χ1) is 14.2. The van der Waals surface area contributed by atoms with Crippen molar-refractivity contribution in [1.82, 2.24) is 4.98 Å². The zero-order chi connectivity index (χ0) is 19.8. The number of nitrogens with one attached hydrogen (secondary N) is 1. The van der Waals surface area contributed by atoms with Crippen LogP contribution in [0.5, 0.6) is 11.5 Å². The minimum Gasteiger partial charge on any atom is -0.486 e. The van der Waals surface area contributed by atoms with Crippen molar-refractivity contribution < 1.29 is 19.1 Å². The molecular formula is C21H14N2O4S2. The highest BCUT2D eigenvalue weighted by Crippen LogP contribution is 2.38. The third kappa shape index (κ3) is 3.37. The molecule has 1 amide bonds. The number of thiazole rings is 1. The standard InChI is InChI=1S/C21H14N2O4S2/c24-19(17-6-3-9-28-17)12-4-1-2-5-13(12)20(25)23-21-22-14-10-15-16(11-18(14)29-21)27-8-7-26-15/h1-6,9-11H,7-8H2,(H,22,23,25). The molecule has 0 aliphatic carbocycles. The molecule has 3 heterocycles. The van der Waals surface area contributed by atoms with Gasteiger partial charge in [0.15, 0.2) is 16.6 Å². The van der Waals surface area contributed by atoms with Crippen LogP contribution in [-0.4, -0.2) is 29.9 Å². The number of ether oxygens (including phenoxy) is 2. The van der Waals surface area contributed by atoms with E-state index >= 15 is 0 Å². The number of hydrogen-bond acceptors (Lipinski definition) is 7. The summed E-state index contributed by atoms with van der Waals surface area (Å²) >= 11 is 2.69. The first-order valence-electron chi connectivity index (χ1n) is 8.88. The van der Waals surface area contributed by atoms with Crippen LogP contribution in [0.4, 0.5) is 5.13 Å². The van der Waals surface area contributed by atoms with E-state index in [1.165, 1.54) is 22.7 Å². The summed E-state index contributed by atoms with van der Waals surface area (Å²) in [7, 11) is 0. The van der Waals surface area contributed by atoms with E-state index in [9.17, 15) is 9.59 Å². The first-order valence-corrected chi connectivity index (χ1v) is 10.6. The number of fused-ring (bicyclic) bond motifs is 2. The van der Waals surface area contributed by atoms with Crippen LogP contribution in [0.1, 0.15) is 25.6 Å². The maximum absolute atomic E-state index is 12.9. The topological polar surface area (TPSA) is 77.5 Å². The van der Waals surface area contributed by atoms with Crippen molar-refractivity contribution in [3.63, 3.8) is 0 Å². The summed E-state index contributed by atoms with van der Waals surface area (Å²) in [5.74, 6) is 0.787. The summed E-state index contributed by atoms with van der Waals surface area (Å²) in [5.41, 5.74) is 1.40. The molecule has 0 fully saturated rings. The number of carbonyl (C=O) groups is 2. The monoisotopic (exact) mass is 422 g/mol. The van der Waals surface area contributed by atoms with E-state index in [0.29, 0.717) is 45.8 Å². The summed E-state index contributed by atoms with van der Waals surface area (Å²) in [4.78, 5) is 30.7. The van der Waals surface area contributed by atoms with Gasteiger partial charge in [0.2, 0.25) is 5.78 Å². The van der Waals surface area contributed by atoms with Gasteiger partial charge in [-0.25, -0.2) is 4.98 Å². The third-order valence-electron chi connectivity index (χ3n) is 4.43. The fourth-order valence-corrected chi connectivity index (χ4v) is 4.65. The molecule has 1 aliphatic rings. The molecule has 6 nitrogen and oxygen atoms in total. The fourth-order valence-electron chi connectivity index (χ4n) is 3.10. The van der Waals surface area contributed by atoms with Crippen LogP contribution in [0, 0.1) is 0 Å². The van der Waals surface area contributed by atoms with Crippen molar-refractivity contribution >= 4 is 49.7 Å². The smallest absolute Gasteiger partial charge is 0.258 e. The molecule has 1 N–H and O–H groups in total. The van der Waals surface area contributed by atoms with E-state index in [0.717, 1.165) is 10.2 Å². The van der Waals surface area contributed by atoms with Crippen LogP contribution in [0.25, 0.3) is 10.2 Å². The summed E-state index contributed by atoms with van der Waals surface area (Å²) in [6, 6.07) is 14.0. The molecule has 1 aliphatic heterocycles. The van der Waals surface area contributed by atoms with Crippen LogP contribution in [0.3, 0.4) is 0 Å². The first kappa shape index (κ1) is 17.8. The molecular weight excluding hydrogens is 408 g/mol. The average Bonchev–Trinajstić information content (AvgIpc) is 3.41. The lowest BCUT2D eigenvalue weighted by Crippen LogP contribution is -2.16. The minimum absolute atomic E-state index is 0.169. The number of ketones is 1. The van der Waals surface area contributed by atoms with Crippen LogP contribution < -0.4 is 14.8 Å². The summed E-state index contributed by atoms with van der Waals surface area (Å²) in [6.45, 7) is 1.01. The van der Waals surface area contributed by atoms with Crippen molar-refractivity contribution in [2.45, 2.75) is 0 Å². The molecule has 29 heavy (non-hydrogen) atoms. The Balaban J connectivity index is 1.44. The number of benzene rings is 2. The van der Waals surface area contributed by atoms with Crippen molar-refractivity contribution in [2.75, 3.05) is 18.5 Å². The Morgan fingerprint density at radius 2 is 1.72 bits per heavy atom. The van der Waals surface area contributed by atoms with Gasteiger partial charge in [0.05, 0.1) is 20.7 Å². The van der Waals surface area contributed by atoms with Gasteiger partial charge >= 0.3 is 0 Å². The van der Waals surface area contributed by atoms with Gasteiger partial charge in [-0.1, -0.05) is 35.6 Å². The van der Waals surface area contributed by atoms with E-state index in [2.05, 4.69) is 10.3 Å². The van der Waals surface area contributed by atoms with E-state index < -0.39 is 0 Å². The number of nitrogens with zero attached hydrogens (tertiary/aromatic N) is 1. The van der Waals surface area contributed by atoms with Gasteiger partial charge in [-0.05, 0) is 17.5 Å². The molecule has 0 saturated carbocycles. The minimum atomic E-state index is -0.373. The number of carbonyl (C=O) groups excluding carboxylic acids is 2. The van der Waals surface area contributed by atoms with Crippen molar-refractivity contribution in [3.8, 4) is 11.5 Å². The molecule has 5 rings (SSSR count). The Hall–Kier alpha value is -3.23. The second kappa shape index (κ2) is 7.31. The lowest BCUT2D eigenvalue weighted by atomic mass is 10.0. The predicted octanol–water partition coefficient (Wildman–Crippen LogP) is 4.61. The molecule has 0 spiro atoms. The molecule has 0 bridgehead atoms. The SMILES string of the molecule is O=C(Nc1nc2cc3c(cc2s1)OCCO3)c1ccccc1C(=O)c1cccs1. The number of rotatable bonds is 4. The number of aromatic nitrogens is 1.